The molecule has 0 aliphatic carbocycles. The molecule has 1 amide bonds. The second kappa shape index (κ2) is 4.64. The molecule has 1 atom stereocenters. The van der Waals surface area contributed by atoms with Gasteiger partial charge in [-0.1, -0.05) is 13.8 Å². The van der Waals surface area contributed by atoms with Gasteiger partial charge in [0.25, 0.3) is 0 Å². The van der Waals surface area contributed by atoms with Gasteiger partial charge in [-0.05, 0) is 20.8 Å². The molecule has 0 saturated heterocycles. The highest BCUT2D eigenvalue weighted by atomic mass is 16.6. The van der Waals surface area contributed by atoms with E-state index in [1.165, 1.54) is 0 Å². The highest BCUT2D eigenvalue weighted by Crippen LogP contribution is 2.12. The average molecular weight is 204 g/mol. The van der Waals surface area contributed by atoms with Gasteiger partial charge in [-0.25, -0.2) is 4.79 Å². The van der Waals surface area contributed by atoms with Crippen molar-refractivity contribution in [1.82, 2.24) is 5.32 Å². The van der Waals surface area contributed by atoms with Gasteiger partial charge >= 0.3 is 6.09 Å². The number of aliphatic hydroxyl groups excluding tert-OH is 1. The Morgan fingerprint density at radius 3 is 2.29 bits per heavy atom. The number of hydrogen-bond acceptors (Lipinski definition) is 3. The summed E-state index contributed by atoms with van der Waals surface area (Å²) in [4.78, 5) is 11.3. The zero-order chi connectivity index (χ0) is 12.3. The Morgan fingerprint density at radius 2 is 1.93 bits per heavy atom. The minimum Gasteiger partial charge on any atom is -0.444 e. The van der Waals surface area contributed by atoms with Crippen LogP contribution in [0.25, 0.3) is 0 Å². The van der Waals surface area contributed by atoms with Crippen molar-refractivity contribution >= 4 is 6.09 Å². The second-order valence-electron chi connectivity index (χ2n) is 4.97. The van der Waals surface area contributed by atoms with Gasteiger partial charge in [-0.2, -0.15) is 0 Å². The lowest BCUT2D eigenvalue weighted by Crippen LogP contribution is -2.39. The molecule has 1 unspecified atom stereocenters. The minimum absolute atomic E-state index is 0.201. The van der Waals surface area contributed by atoms with Gasteiger partial charge in [0.05, 0.1) is 1.37 Å². The smallest absolute Gasteiger partial charge is 0.407 e. The molecule has 0 aromatic heterocycles. The molecule has 0 rings (SSSR count). The Bertz CT molecular complexity index is 221. The summed E-state index contributed by atoms with van der Waals surface area (Å²) in [7, 11) is 0. The van der Waals surface area contributed by atoms with Gasteiger partial charge in [0.2, 0.25) is 0 Å². The molecule has 14 heavy (non-hydrogen) atoms. The largest absolute Gasteiger partial charge is 0.444 e. The standard InChI is InChI=1S/C10H21NO3/c1-9(2,3)14-8(13)11-6-10(4,5)7-12/h12H,6-7H2,1-5H3,(H,11,13)/i7D. The number of hydrogen-bond donors (Lipinski definition) is 2. The summed E-state index contributed by atoms with van der Waals surface area (Å²) >= 11 is 0. The van der Waals surface area contributed by atoms with Crippen molar-refractivity contribution in [2.75, 3.05) is 13.1 Å². The van der Waals surface area contributed by atoms with Crippen molar-refractivity contribution < 1.29 is 16.0 Å². The van der Waals surface area contributed by atoms with E-state index in [1.54, 1.807) is 34.6 Å². The molecule has 0 spiro atoms. The Hall–Kier alpha value is -0.770. The van der Waals surface area contributed by atoms with Crippen molar-refractivity contribution in [3.63, 3.8) is 0 Å². The second-order valence-corrected chi connectivity index (χ2v) is 4.97. The number of carbonyl (C=O) groups is 1. The van der Waals surface area contributed by atoms with Crippen molar-refractivity contribution in [3.8, 4) is 0 Å². The molecule has 0 bridgehead atoms. The van der Waals surface area contributed by atoms with Gasteiger partial charge in [0, 0.05) is 18.5 Å². The maximum atomic E-state index is 11.3. The molecular weight excluding hydrogens is 182 g/mol. The average Bonchev–Trinajstić information content (AvgIpc) is 1.97. The first kappa shape index (κ1) is 11.3. The first-order valence-corrected chi connectivity index (χ1v) is 4.62. The summed E-state index contributed by atoms with van der Waals surface area (Å²) in [6, 6.07) is 0. The van der Waals surface area contributed by atoms with Gasteiger partial charge in [0.1, 0.15) is 5.60 Å². The highest BCUT2D eigenvalue weighted by Gasteiger charge is 2.20. The number of carbonyl (C=O) groups excluding carboxylic acids is 1. The van der Waals surface area contributed by atoms with Crippen LogP contribution in [0.5, 0.6) is 0 Å². The van der Waals surface area contributed by atoms with Crippen molar-refractivity contribution in [2.24, 2.45) is 5.41 Å². The Balaban J connectivity index is 4.02. The first-order valence-electron chi connectivity index (χ1n) is 5.19. The van der Waals surface area contributed by atoms with Crippen LogP contribution in [-0.4, -0.2) is 29.9 Å². The molecule has 0 aliphatic rings. The molecule has 0 heterocycles. The van der Waals surface area contributed by atoms with E-state index in [0.29, 0.717) is 0 Å². The SMILES string of the molecule is [2H]C(O)C(C)(C)CNC(=O)OC(C)(C)C. The zero-order valence-corrected chi connectivity index (χ0v) is 9.55. The predicted octanol–water partition coefficient (Wildman–Crippen LogP) is 1.53. The van der Waals surface area contributed by atoms with E-state index < -0.39 is 23.7 Å². The molecule has 4 nitrogen and oxygen atoms in total. The van der Waals surface area contributed by atoms with E-state index in [2.05, 4.69) is 5.32 Å². The Labute approximate surface area is 87.0 Å². The van der Waals surface area contributed by atoms with Crippen LogP contribution in [0.3, 0.4) is 0 Å². The summed E-state index contributed by atoms with van der Waals surface area (Å²) in [6.07, 6.45) is -0.531. The lowest BCUT2D eigenvalue weighted by Gasteiger charge is -2.24. The number of rotatable bonds is 3. The van der Waals surface area contributed by atoms with Gasteiger partial charge in [0.15, 0.2) is 0 Å². The fourth-order valence-corrected chi connectivity index (χ4v) is 0.660. The van der Waals surface area contributed by atoms with Gasteiger partial charge in [-0.15, -0.1) is 0 Å². The topological polar surface area (TPSA) is 58.6 Å². The van der Waals surface area contributed by atoms with E-state index in [4.69, 9.17) is 11.2 Å². The molecule has 0 aliphatic heterocycles. The lowest BCUT2D eigenvalue weighted by molar-refractivity contribution is 0.0488. The van der Waals surface area contributed by atoms with Crippen LogP contribution >= 0.6 is 0 Å². The normalized spacial score (nSPS) is 15.7. The molecule has 0 saturated carbocycles. The van der Waals surface area contributed by atoms with Crippen LogP contribution in [-0.2, 0) is 4.74 Å². The fourth-order valence-electron chi connectivity index (χ4n) is 0.660. The van der Waals surface area contributed by atoms with Crippen LogP contribution in [0.4, 0.5) is 4.79 Å². The van der Waals surface area contributed by atoms with E-state index in [0.717, 1.165) is 0 Å². The fraction of sp³-hybridized carbons (Fsp3) is 0.900. The molecule has 0 radical (unpaired) electrons. The van der Waals surface area contributed by atoms with Crippen LogP contribution < -0.4 is 5.32 Å². The molecular formula is C10H21NO3. The number of ether oxygens (including phenoxy) is 1. The first-order chi connectivity index (χ1) is 6.54. The third kappa shape index (κ3) is 6.71. The monoisotopic (exact) mass is 204 g/mol. The number of aliphatic hydroxyl groups is 1. The molecule has 2 N–H and O–H groups in total. The summed E-state index contributed by atoms with van der Waals surface area (Å²) < 4.78 is 12.2. The summed E-state index contributed by atoms with van der Waals surface area (Å²) in [5, 5.41) is 11.6. The van der Waals surface area contributed by atoms with Crippen molar-refractivity contribution in [3.05, 3.63) is 0 Å². The zero-order valence-electron chi connectivity index (χ0n) is 10.5. The van der Waals surface area contributed by atoms with Crippen LogP contribution in [0.1, 0.15) is 36.0 Å². The van der Waals surface area contributed by atoms with Crippen LogP contribution in [0.15, 0.2) is 0 Å². The predicted molar refractivity (Wildman–Crippen MR) is 55.1 cm³/mol. The van der Waals surface area contributed by atoms with E-state index in [1.807, 2.05) is 0 Å². The van der Waals surface area contributed by atoms with Crippen molar-refractivity contribution in [2.45, 2.75) is 40.2 Å². The lowest BCUT2D eigenvalue weighted by atomic mass is 9.95. The van der Waals surface area contributed by atoms with Crippen LogP contribution in [0.2, 0.25) is 0 Å². The minimum atomic E-state index is -1.23. The van der Waals surface area contributed by atoms with Crippen molar-refractivity contribution in [1.29, 1.82) is 0 Å². The molecule has 0 aromatic rings. The summed E-state index contributed by atoms with van der Waals surface area (Å²) in [5.41, 5.74) is -1.22. The van der Waals surface area contributed by atoms with E-state index >= 15 is 0 Å². The maximum Gasteiger partial charge on any atom is 0.407 e. The summed E-state index contributed by atoms with van der Waals surface area (Å²) in [5.74, 6) is 0. The van der Waals surface area contributed by atoms with E-state index in [-0.39, 0.29) is 6.54 Å². The number of amides is 1. The molecule has 0 fully saturated rings. The van der Waals surface area contributed by atoms with Crippen LogP contribution in [0, 0.1) is 5.41 Å². The molecule has 84 valence electrons. The van der Waals surface area contributed by atoms with E-state index in [9.17, 15) is 4.79 Å². The maximum absolute atomic E-state index is 11.3. The highest BCUT2D eigenvalue weighted by molar-refractivity contribution is 5.67. The molecule has 4 heteroatoms. The third-order valence-corrected chi connectivity index (χ3v) is 1.44. The Morgan fingerprint density at radius 1 is 1.43 bits per heavy atom. The Kier molecular flexibility index (Phi) is 3.75. The quantitative estimate of drug-likeness (QED) is 0.733. The number of nitrogens with one attached hydrogen (secondary N) is 1. The third-order valence-electron chi connectivity index (χ3n) is 1.44. The number of alkyl carbamates (subject to hydrolysis) is 1. The summed E-state index contributed by atoms with van der Waals surface area (Å²) in [6.45, 7) is 7.69. The molecule has 0 aromatic carbocycles. The van der Waals surface area contributed by atoms with Gasteiger partial charge in [-0.3, -0.25) is 0 Å². The van der Waals surface area contributed by atoms with Gasteiger partial charge < -0.3 is 15.2 Å².